The molecule has 0 radical (unpaired) electrons. The second kappa shape index (κ2) is 10.1. The molecular weight excluding hydrogens is 373 g/mol. The molecule has 154 valence electrons. The molecule has 0 aliphatic heterocycles. The number of aliphatic hydroxyl groups is 1. The average Bonchev–Trinajstić information content (AvgIpc) is 2.55. The van der Waals surface area contributed by atoms with Crippen molar-refractivity contribution in [3.05, 3.63) is 64.5 Å². The summed E-state index contributed by atoms with van der Waals surface area (Å²) in [4.78, 5) is 12.0. The van der Waals surface area contributed by atoms with E-state index in [0.29, 0.717) is 0 Å². The molecule has 0 atom stereocenters. The van der Waals surface area contributed by atoms with Crippen LogP contribution in [0.1, 0.15) is 75.6 Å². The maximum atomic E-state index is 13.5. The Kier molecular flexibility index (Phi) is 8.71. The van der Waals surface area contributed by atoms with Gasteiger partial charge in [0, 0.05) is 4.90 Å². The first-order valence-corrected chi connectivity index (χ1v) is 9.90. The Morgan fingerprint density at radius 2 is 1.50 bits per heavy atom. The molecule has 2 aromatic carbocycles. The number of hydrogen-bond donors (Lipinski definition) is 3. The van der Waals surface area contributed by atoms with Crippen LogP contribution in [0.5, 0.6) is 0 Å². The molecule has 0 spiro atoms. The summed E-state index contributed by atoms with van der Waals surface area (Å²) in [5.41, 5.74) is 8.09. The molecule has 0 aliphatic rings. The average molecular weight is 406 g/mol. The molecule has 2 aromatic rings. The van der Waals surface area contributed by atoms with Crippen LogP contribution < -0.4 is 5.73 Å². The molecule has 0 fully saturated rings. The van der Waals surface area contributed by atoms with Crippen molar-refractivity contribution in [1.82, 2.24) is 0 Å². The second-order valence-electron chi connectivity index (χ2n) is 8.12. The Morgan fingerprint density at radius 3 is 1.82 bits per heavy atom. The fourth-order valence-electron chi connectivity index (χ4n) is 2.96. The van der Waals surface area contributed by atoms with Crippen molar-refractivity contribution in [2.45, 2.75) is 70.3 Å². The Labute approximate surface area is 173 Å². The molecule has 0 unspecified atom stereocenters. The number of hydrogen-bond acceptors (Lipinski definition) is 3. The van der Waals surface area contributed by atoms with Crippen LogP contribution in [0.4, 0.5) is 4.39 Å². The number of primary amides is 1. The SMILES string of the molecule is CC(C)(O)c1ccc(S)cc1.CC(C)c1cc(F)cc(C(C)C)c1CC(N)=O. The Bertz CT molecular complexity index is 764. The van der Waals surface area contributed by atoms with Gasteiger partial charge >= 0.3 is 0 Å². The fraction of sp³-hybridized carbons (Fsp3) is 0.435. The van der Waals surface area contributed by atoms with Crippen molar-refractivity contribution in [1.29, 1.82) is 0 Å². The number of carbonyl (C=O) groups is 1. The van der Waals surface area contributed by atoms with Crippen LogP contribution >= 0.6 is 12.6 Å². The summed E-state index contributed by atoms with van der Waals surface area (Å²) in [6.07, 6.45) is 0.182. The van der Waals surface area contributed by atoms with Crippen molar-refractivity contribution in [2.24, 2.45) is 5.73 Å². The summed E-state index contributed by atoms with van der Waals surface area (Å²) in [6, 6.07) is 10.5. The van der Waals surface area contributed by atoms with E-state index in [0.717, 1.165) is 27.1 Å². The van der Waals surface area contributed by atoms with Crippen molar-refractivity contribution in [3.63, 3.8) is 0 Å². The van der Waals surface area contributed by atoms with Gasteiger partial charge in [-0.15, -0.1) is 12.6 Å². The summed E-state index contributed by atoms with van der Waals surface area (Å²) in [5, 5.41) is 9.55. The summed E-state index contributed by atoms with van der Waals surface area (Å²) in [6.45, 7) is 11.5. The molecule has 3 nitrogen and oxygen atoms in total. The van der Waals surface area contributed by atoms with Gasteiger partial charge in [0.2, 0.25) is 5.91 Å². The number of thiol groups is 1. The lowest BCUT2D eigenvalue weighted by molar-refractivity contribution is -0.117. The predicted octanol–water partition coefficient (Wildman–Crippen LogP) is 5.30. The molecule has 0 heterocycles. The van der Waals surface area contributed by atoms with Gasteiger partial charge in [0.1, 0.15) is 5.82 Å². The summed E-state index contributed by atoms with van der Waals surface area (Å²) in [7, 11) is 0. The van der Waals surface area contributed by atoms with Gasteiger partial charge in [-0.3, -0.25) is 4.79 Å². The van der Waals surface area contributed by atoms with E-state index in [9.17, 15) is 14.3 Å². The number of amides is 1. The van der Waals surface area contributed by atoms with E-state index in [2.05, 4.69) is 12.6 Å². The smallest absolute Gasteiger partial charge is 0.221 e. The minimum absolute atomic E-state index is 0.178. The highest BCUT2D eigenvalue weighted by Gasteiger charge is 2.17. The molecular formula is C23H32FNO2S. The van der Waals surface area contributed by atoms with Gasteiger partial charge < -0.3 is 10.8 Å². The third-order valence-electron chi connectivity index (χ3n) is 4.45. The van der Waals surface area contributed by atoms with Gasteiger partial charge in [0.25, 0.3) is 0 Å². The van der Waals surface area contributed by atoms with Crippen LogP contribution in [0.3, 0.4) is 0 Å². The lowest BCUT2D eigenvalue weighted by atomic mass is 9.87. The maximum absolute atomic E-state index is 13.5. The van der Waals surface area contributed by atoms with Crippen LogP contribution in [0.2, 0.25) is 0 Å². The van der Waals surface area contributed by atoms with Crippen LogP contribution in [-0.4, -0.2) is 11.0 Å². The Balaban J connectivity index is 0.000000307. The molecule has 0 saturated heterocycles. The number of rotatable bonds is 5. The maximum Gasteiger partial charge on any atom is 0.221 e. The quantitative estimate of drug-likeness (QED) is 0.591. The molecule has 0 aliphatic carbocycles. The molecule has 1 amide bonds. The van der Waals surface area contributed by atoms with E-state index >= 15 is 0 Å². The fourth-order valence-corrected chi connectivity index (χ4v) is 3.11. The molecule has 0 aromatic heterocycles. The zero-order valence-electron chi connectivity index (χ0n) is 17.6. The largest absolute Gasteiger partial charge is 0.386 e. The predicted molar refractivity (Wildman–Crippen MR) is 116 cm³/mol. The van der Waals surface area contributed by atoms with E-state index in [1.54, 1.807) is 13.8 Å². The lowest BCUT2D eigenvalue weighted by Gasteiger charge is -2.19. The summed E-state index contributed by atoms with van der Waals surface area (Å²) in [5.74, 6) is -0.263. The van der Waals surface area contributed by atoms with Crippen molar-refractivity contribution in [2.75, 3.05) is 0 Å². The standard InChI is InChI=1S/C14H20FNO.C9H12OS/c1-8(2)11-5-10(15)6-12(9(3)4)13(11)7-14(16)17;1-9(2,10)7-3-5-8(11)6-4-7/h5-6,8-9H,7H2,1-4H3,(H2,16,17);3-6,10-11H,1-2H3. The van der Waals surface area contributed by atoms with Crippen molar-refractivity contribution in [3.8, 4) is 0 Å². The monoisotopic (exact) mass is 405 g/mol. The Hall–Kier alpha value is -1.85. The topological polar surface area (TPSA) is 63.3 Å². The number of nitrogens with two attached hydrogens (primary N) is 1. The molecule has 0 bridgehead atoms. The second-order valence-corrected chi connectivity index (χ2v) is 8.64. The molecule has 5 heteroatoms. The minimum atomic E-state index is -0.749. The third-order valence-corrected chi connectivity index (χ3v) is 4.75. The molecule has 0 saturated carbocycles. The van der Waals surface area contributed by atoms with Crippen LogP contribution in [-0.2, 0) is 16.8 Å². The van der Waals surface area contributed by atoms with Crippen LogP contribution in [0.15, 0.2) is 41.3 Å². The minimum Gasteiger partial charge on any atom is -0.386 e. The van der Waals surface area contributed by atoms with Gasteiger partial charge in [0.05, 0.1) is 12.0 Å². The number of carbonyl (C=O) groups excluding carboxylic acids is 1. The molecule has 2 rings (SSSR count). The van der Waals surface area contributed by atoms with E-state index in [-0.39, 0.29) is 30.0 Å². The summed E-state index contributed by atoms with van der Waals surface area (Å²) < 4.78 is 13.5. The van der Waals surface area contributed by atoms with Crippen LogP contribution in [0.25, 0.3) is 0 Å². The van der Waals surface area contributed by atoms with Crippen molar-refractivity contribution < 1.29 is 14.3 Å². The third kappa shape index (κ3) is 7.28. The number of benzene rings is 2. The highest BCUT2D eigenvalue weighted by atomic mass is 32.1. The van der Waals surface area contributed by atoms with Gasteiger partial charge in [-0.05, 0) is 72.2 Å². The molecule has 28 heavy (non-hydrogen) atoms. The first-order chi connectivity index (χ1) is 12.8. The zero-order valence-corrected chi connectivity index (χ0v) is 18.5. The van der Waals surface area contributed by atoms with Crippen LogP contribution in [0, 0.1) is 5.82 Å². The van der Waals surface area contributed by atoms with Gasteiger partial charge in [-0.2, -0.15) is 0 Å². The van der Waals surface area contributed by atoms with Gasteiger partial charge in [0.15, 0.2) is 0 Å². The molecule has 3 N–H and O–H groups in total. The number of halogens is 1. The Morgan fingerprint density at radius 1 is 1.07 bits per heavy atom. The van der Waals surface area contributed by atoms with E-state index in [1.807, 2.05) is 52.0 Å². The van der Waals surface area contributed by atoms with E-state index in [4.69, 9.17) is 5.73 Å². The summed E-state index contributed by atoms with van der Waals surface area (Å²) >= 11 is 4.15. The van der Waals surface area contributed by atoms with E-state index < -0.39 is 5.60 Å². The van der Waals surface area contributed by atoms with E-state index in [1.165, 1.54) is 12.1 Å². The van der Waals surface area contributed by atoms with Crippen molar-refractivity contribution >= 4 is 18.5 Å². The zero-order chi connectivity index (χ0) is 21.6. The first-order valence-electron chi connectivity index (χ1n) is 9.45. The van der Waals surface area contributed by atoms with Gasteiger partial charge in [-0.25, -0.2) is 4.39 Å². The first kappa shape index (κ1) is 24.2. The lowest BCUT2D eigenvalue weighted by Crippen LogP contribution is -2.17. The highest BCUT2D eigenvalue weighted by Crippen LogP contribution is 2.29. The highest BCUT2D eigenvalue weighted by molar-refractivity contribution is 7.80. The van der Waals surface area contributed by atoms with Gasteiger partial charge in [-0.1, -0.05) is 39.8 Å². The normalized spacial score (nSPS) is 11.4.